The standard InChI is InChI=1S/C17H13NO3S/c19-16(7-6-13-8-9-22-12-13)20-10-15-11-21-17(18-15)14-4-2-1-3-5-14/h1-9,11-12H,10H2/b7-6+. The first-order valence-electron chi connectivity index (χ1n) is 6.68. The molecule has 22 heavy (non-hydrogen) atoms. The summed E-state index contributed by atoms with van der Waals surface area (Å²) in [7, 11) is 0. The number of carbonyl (C=O) groups excluding carboxylic acids is 1. The molecule has 0 N–H and O–H groups in total. The molecule has 0 unspecified atom stereocenters. The molecule has 5 heteroatoms. The molecule has 0 atom stereocenters. The molecular weight excluding hydrogens is 298 g/mol. The van der Waals surface area contributed by atoms with E-state index in [0.717, 1.165) is 11.1 Å². The molecule has 0 bridgehead atoms. The molecule has 0 amide bonds. The molecule has 110 valence electrons. The summed E-state index contributed by atoms with van der Waals surface area (Å²) in [6, 6.07) is 11.5. The second-order valence-corrected chi connectivity index (χ2v) is 5.29. The van der Waals surface area contributed by atoms with Crippen molar-refractivity contribution in [3.63, 3.8) is 0 Å². The molecule has 0 radical (unpaired) electrons. The van der Waals surface area contributed by atoms with Crippen molar-refractivity contribution in [2.45, 2.75) is 6.61 Å². The van der Waals surface area contributed by atoms with Gasteiger partial charge in [0, 0.05) is 11.6 Å². The van der Waals surface area contributed by atoms with Crippen LogP contribution in [0.15, 0.2) is 63.9 Å². The van der Waals surface area contributed by atoms with Crippen LogP contribution in [0.2, 0.25) is 0 Å². The first-order chi connectivity index (χ1) is 10.8. The number of oxazole rings is 1. The normalized spacial score (nSPS) is 10.9. The van der Waals surface area contributed by atoms with Crippen molar-refractivity contribution < 1.29 is 13.9 Å². The number of hydrogen-bond acceptors (Lipinski definition) is 5. The van der Waals surface area contributed by atoms with Crippen LogP contribution in [0.5, 0.6) is 0 Å². The van der Waals surface area contributed by atoms with Crippen molar-refractivity contribution in [3.05, 3.63) is 70.8 Å². The van der Waals surface area contributed by atoms with Gasteiger partial charge >= 0.3 is 5.97 Å². The number of ether oxygens (including phenoxy) is 1. The Morgan fingerprint density at radius 1 is 1.27 bits per heavy atom. The molecule has 1 aromatic carbocycles. The molecular formula is C17H13NO3S. The lowest BCUT2D eigenvalue weighted by Crippen LogP contribution is -2.00. The van der Waals surface area contributed by atoms with Crippen LogP contribution in [0.1, 0.15) is 11.3 Å². The second kappa shape index (κ2) is 6.87. The molecule has 3 rings (SSSR count). The maximum absolute atomic E-state index is 11.6. The minimum absolute atomic E-state index is 0.0865. The van der Waals surface area contributed by atoms with Gasteiger partial charge in [0.15, 0.2) is 0 Å². The summed E-state index contributed by atoms with van der Waals surface area (Å²) in [6.07, 6.45) is 4.62. The van der Waals surface area contributed by atoms with Crippen LogP contribution in [0.4, 0.5) is 0 Å². The maximum atomic E-state index is 11.6. The molecule has 2 aromatic heterocycles. The summed E-state index contributed by atoms with van der Waals surface area (Å²) in [4.78, 5) is 15.9. The van der Waals surface area contributed by atoms with Crippen LogP contribution < -0.4 is 0 Å². The minimum Gasteiger partial charge on any atom is -0.456 e. The molecule has 0 aliphatic carbocycles. The predicted molar refractivity (Wildman–Crippen MR) is 85.1 cm³/mol. The van der Waals surface area contributed by atoms with Gasteiger partial charge in [-0.05, 0) is 40.6 Å². The highest BCUT2D eigenvalue weighted by atomic mass is 32.1. The number of esters is 1. The van der Waals surface area contributed by atoms with E-state index in [1.807, 2.05) is 47.2 Å². The van der Waals surface area contributed by atoms with Crippen LogP contribution in [0, 0.1) is 0 Å². The monoisotopic (exact) mass is 311 g/mol. The Kier molecular flexibility index (Phi) is 4.46. The predicted octanol–water partition coefficient (Wildman–Crippen LogP) is 4.16. The third-order valence-electron chi connectivity index (χ3n) is 2.89. The zero-order valence-electron chi connectivity index (χ0n) is 11.6. The van der Waals surface area contributed by atoms with Crippen molar-refractivity contribution in [1.29, 1.82) is 0 Å². The number of thiophene rings is 1. The number of hydrogen-bond donors (Lipinski definition) is 0. The molecule has 3 aromatic rings. The van der Waals surface area contributed by atoms with E-state index in [1.165, 1.54) is 12.3 Å². The number of rotatable bonds is 5. The highest BCUT2D eigenvalue weighted by molar-refractivity contribution is 7.08. The fourth-order valence-electron chi connectivity index (χ4n) is 1.81. The molecule has 4 nitrogen and oxygen atoms in total. The topological polar surface area (TPSA) is 52.3 Å². The zero-order chi connectivity index (χ0) is 15.2. The van der Waals surface area contributed by atoms with Crippen molar-refractivity contribution in [2.24, 2.45) is 0 Å². The first kappa shape index (κ1) is 14.3. The van der Waals surface area contributed by atoms with Crippen molar-refractivity contribution in [3.8, 4) is 11.5 Å². The highest BCUT2D eigenvalue weighted by Crippen LogP contribution is 2.18. The summed E-state index contributed by atoms with van der Waals surface area (Å²) in [5, 5.41) is 3.90. The van der Waals surface area contributed by atoms with Crippen molar-refractivity contribution >= 4 is 23.4 Å². The second-order valence-electron chi connectivity index (χ2n) is 4.51. The van der Waals surface area contributed by atoms with Gasteiger partial charge in [-0.1, -0.05) is 18.2 Å². The number of benzene rings is 1. The SMILES string of the molecule is O=C(/C=C/c1ccsc1)OCc1coc(-c2ccccc2)n1. The lowest BCUT2D eigenvalue weighted by atomic mass is 10.2. The number of carbonyl (C=O) groups is 1. The lowest BCUT2D eigenvalue weighted by Gasteiger charge is -1.97. The van der Waals surface area contributed by atoms with Gasteiger partial charge in [0.1, 0.15) is 18.6 Å². The van der Waals surface area contributed by atoms with Crippen LogP contribution in [0.25, 0.3) is 17.5 Å². The van der Waals surface area contributed by atoms with Crippen LogP contribution in [-0.2, 0) is 16.1 Å². The fraction of sp³-hybridized carbons (Fsp3) is 0.0588. The van der Waals surface area contributed by atoms with E-state index >= 15 is 0 Å². The zero-order valence-corrected chi connectivity index (χ0v) is 12.5. The Bertz CT molecular complexity index is 760. The molecule has 0 fully saturated rings. The first-order valence-corrected chi connectivity index (χ1v) is 7.62. The summed E-state index contributed by atoms with van der Waals surface area (Å²) >= 11 is 1.58. The smallest absolute Gasteiger partial charge is 0.331 e. The molecule has 0 spiro atoms. The Morgan fingerprint density at radius 3 is 2.91 bits per heavy atom. The van der Waals surface area contributed by atoms with Gasteiger partial charge in [-0.2, -0.15) is 11.3 Å². The average Bonchev–Trinajstić information content (AvgIpc) is 3.23. The van der Waals surface area contributed by atoms with Gasteiger partial charge in [0.25, 0.3) is 0 Å². The van der Waals surface area contributed by atoms with E-state index in [-0.39, 0.29) is 6.61 Å². The highest BCUT2D eigenvalue weighted by Gasteiger charge is 2.07. The van der Waals surface area contributed by atoms with Gasteiger partial charge in [-0.3, -0.25) is 0 Å². The molecule has 0 aliphatic heterocycles. The molecule has 0 saturated heterocycles. The summed E-state index contributed by atoms with van der Waals surface area (Å²) in [5.41, 5.74) is 2.45. The van der Waals surface area contributed by atoms with Crippen molar-refractivity contribution in [2.75, 3.05) is 0 Å². The van der Waals surface area contributed by atoms with E-state index in [1.54, 1.807) is 17.4 Å². The van der Waals surface area contributed by atoms with Gasteiger partial charge in [-0.25, -0.2) is 9.78 Å². The minimum atomic E-state index is -0.407. The summed E-state index contributed by atoms with van der Waals surface area (Å²) in [5.74, 6) is 0.107. The van der Waals surface area contributed by atoms with E-state index in [9.17, 15) is 4.79 Å². The Morgan fingerprint density at radius 2 is 2.14 bits per heavy atom. The third kappa shape index (κ3) is 3.71. The third-order valence-corrected chi connectivity index (χ3v) is 3.59. The molecule has 0 saturated carbocycles. The quantitative estimate of drug-likeness (QED) is 0.524. The number of nitrogens with zero attached hydrogens (tertiary/aromatic N) is 1. The van der Waals surface area contributed by atoms with Gasteiger partial charge in [0.2, 0.25) is 5.89 Å². The summed E-state index contributed by atoms with van der Waals surface area (Å²) in [6.45, 7) is 0.0865. The summed E-state index contributed by atoms with van der Waals surface area (Å²) < 4.78 is 10.5. The van der Waals surface area contributed by atoms with E-state index < -0.39 is 5.97 Å². The molecule has 0 aliphatic rings. The van der Waals surface area contributed by atoms with Crippen molar-refractivity contribution in [1.82, 2.24) is 4.98 Å². The van der Waals surface area contributed by atoms with Gasteiger partial charge < -0.3 is 9.15 Å². The Balaban J connectivity index is 1.56. The van der Waals surface area contributed by atoms with Gasteiger partial charge in [0.05, 0.1) is 0 Å². The number of aromatic nitrogens is 1. The maximum Gasteiger partial charge on any atom is 0.331 e. The lowest BCUT2D eigenvalue weighted by molar-refractivity contribution is -0.139. The Hall–Kier alpha value is -2.66. The Labute approximate surface area is 131 Å². The van der Waals surface area contributed by atoms with Gasteiger partial charge in [-0.15, -0.1) is 0 Å². The fourth-order valence-corrected chi connectivity index (χ4v) is 2.44. The van der Waals surface area contributed by atoms with E-state index in [4.69, 9.17) is 9.15 Å². The van der Waals surface area contributed by atoms with Crippen LogP contribution in [-0.4, -0.2) is 11.0 Å². The average molecular weight is 311 g/mol. The molecule has 2 heterocycles. The largest absolute Gasteiger partial charge is 0.456 e. The van der Waals surface area contributed by atoms with E-state index in [0.29, 0.717) is 11.6 Å². The van der Waals surface area contributed by atoms with Crippen LogP contribution >= 0.6 is 11.3 Å². The van der Waals surface area contributed by atoms with E-state index in [2.05, 4.69) is 4.98 Å². The van der Waals surface area contributed by atoms with Crippen LogP contribution in [0.3, 0.4) is 0 Å².